The largest absolute Gasteiger partial charge is 0.352 e. The third kappa shape index (κ3) is 4.48. The predicted molar refractivity (Wildman–Crippen MR) is 105 cm³/mol. The number of carbonyl (C=O) groups excluding carboxylic acids is 1. The van der Waals surface area contributed by atoms with Crippen molar-refractivity contribution < 1.29 is 4.79 Å². The topological polar surface area (TPSA) is 29.1 Å². The molecule has 0 aromatic heterocycles. The van der Waals surface area contributed by atoms with E-state index in [1.807, 2.05) is 18.2 Å². The average molecular weight is 331 g/mol. The number of nitrogens with one attached hydrogen (secondary N) is 1. The molecule has 0 aliphatic carbocycles. The van der Waals surface area contributed by atoms with Gasteiger partial charge >= 0.3 is 0 Å². The Balaban J connectivity index is 1.58. The standard InChI is InChI=1S/C23H25NO/c1-23(2,3)21-12-9-17(10-13-21)16-24-22(25)15-18-8-11-19-6-4-5-7-20(19)14-18/h4-14H,15-16H2,1-3H3,(H,24,25). The SMILES string of the molecule is CC(C)(C)c1ccc(CNC(=O)Cc2ccc3ccccc3c2)cc1. The van der Waals surface area contributed by atoms with Gasteiger partial charge < -0.3 is 5.32 Å². The zero-order valence-corrected chi connectivity index (χ0v) is 15.2. The summed E-state index contributed by atoms with van der Waals surface area (Å²) >= 11 is 0. The van der Waals surface area contributed by atoms with E-state index < -0.39 is 0 Å². The Morgan fingerprint density at radius 1 is 0.840 bits per heavy atom. The molecule has 0 heterocycles. The normalized spacial score (nSPS) is 11.5. The molecule has 0 saturated carbocycles. The van der Waals surface area contributed by atoms with Crippen molar-refractivity contribution in [2.45, 2.75) is 39.2 Å². The lowest BCUT2D eigenvalue weighted by Crippen LogP contribution is -2.24. The quantitative estimate of drug-likeness (QED) is 0.716. The van der Waals surface area contributed by atoms with Crippen LogP contribution in [0.1, 0.15) is 37.5 Å². The minimum atomic E-state index is 0.0511. The summed E-state index contributed by atoms with van der Waals surface area (Å²) in [5.74, 6) is 0.0511. The number of carbonyl (C=O) groups is 1. The van der Waals surface area contributed by atoms with E-state index >= 15 is 0 Å². The molecule has 3 aromatic carbocycles. The molecule has 0 spiro atoms. The van der Waals surface area contributed by atoms with Crippen molar-refractivity contribution in [3.63, 3.8) is 0 Å². The molecule has 3 aromatic rings. The molecule has 1 amide bonds. The van der Waals surface area contributed by atoms with Crippen molar-refractivity contribution >= 4 is 16.7 Å². The third-order valence-corrected chi connectivity index (χ3v) is 4.49. The molecule has 0 unspecified atom stereocenters. The summed E-state index contributed by atoms with van der Waals surface area (Å²) in [7, 11) is 0. The second-order valence-corrected chi connectivity index (χ2v) is 7.58. The third-order valence-electron chi connectivity index (χ3n) is 4.49. The maximum Gasteiger partial charge on any atom is 0.224 e. The van der Waals surface area contributed by atoms with E-state index in [2.05, 4.69) is 74.6 Å². The number of benzene rings is 3. The highest BCUT2D eigenvalue weighted by molar-refractivity contribution is 5.85. The van der Waals surface area contributed by atoms with Gasteiger partial charge in [-0.25, -0.2) is 0 Å². The van der Waals surface area contributed by atoms with E-state index in [-0.39, 0.29) is 11.3 Å². The maximum atomic E-state index is 12.2. The van der Waals surface area contributed by atoms with Crippen LogP contribution in [0.3, 0.4) is 0 Å². The van der Waals surface area contributed by atoms with Gasteiger partial charge in [-0.3, -0.25) is 4.79 Å². The van der Waals surface area contributed by atoms with E-state index in [9.17, 15) is 4.79 Å². The lowest BCUT2D eigenvalue weighted by molar-refractivity contribution is -0.120. The molecule has 0 aliphatic rings. The van der Waals surface area contributed by atoms with Crippen LogP contribution in [-0.4, -0.2) is 5.91 Å². The van der Waals surface area contributed by atoms with Gasteiger partial charge in [0.25, 0.3) is 0 Å². The fourth-order valence-electron chi connectivity index (χ4n) is 2.92. The first-order chi connectivity index (χ1) is 11.9. The summed E-state index contributed by atoms with van der Waals surface area (Å²) < 4.78 is 0. The van der Waals surface area contributed by atoms with Crippen LogP contribution in [0.2, 0.25) is 0 Å². The number of hydrogen-bond acceptors (Lipinski definition) is 1. The highest BCUT2D eigenvalue weighted by Crippen LogP contribution is 2.22. The van der Waals surface area contributed by atoms with E-state index in [1.54, 1.807) is 0 Å². The summed E-state index contributed by atoms with van der Waals surface area (Å²) in [4.78, 5) is 12.2. The fraction of sp³-hybridized carbons (Fsp3) is 0.261. The second kappa shape index (κ2) is 7.10. The molecule has 25 heavy (non-hydrogen) atoms. The van der Waals surface area contributed by atoms with Gasteiger partial charge in [0.15, 0.2) is 0 Å². The monoisotopic (exact) mass is 331 g/mol. The molecule has 0 bridgehead atoms. The smallest absolute Gasteiger partial charge is 0.224 e. The van der Waals surface area contributed by atoms with Crippen molar-refractivity contribution in [3.8, 4) is 0 Å². The molecule has 0 atom stereocenters. The van der Waals surface area contributed by atoms with Crippen molar-refractivity contribution in [1.82, 2.24) is 5.32 Å². The molecule has 3 rings (SSSR count). The van der Waals surface area contributed by atoms with Crippen LogP contribution in [0.25, 0.3) is 10.8 Å². The van der Waals surface area contributed by atoms with Crippen LogP contribution in [-0.2, 0) is 23.2 Å². The Bertz CT molecular complexity index is 872. The van der Waals surface area contributed by atoms with E-state index in [1.165, 1.54) is 16.3 Å². The maximum absolute atomic E-state index is 12.2. The van der Waals surface area contributed by atoms with Gasteiger partial charge in [-0.2, -0.15) is 0 Å². The van der Waals surface area contributed by atoms with Crippen molar-refractivity contribution in [2.75, 3.05) is 0 Å². The van der Waals surface area contributed by atoms with E-state index in [4.69, 9.17) is 0 Å². The Labute approximate surface area is 149 Å². The Kier molecular flexibility index (Phi) is 4.89. The average Bonchev–Trinajstić information content (AvgIpc) is 2.59. The van der Waals surface area contributed by atoms with Gasteiger partial charge in [0.1, 0.15) is 0 Å². The molecular weight excluding hydrogens is 306 g/mol. The highest BCUT2D eigenvalue weighted by Gasteiger charge is 2.12. The van der Waals surface area contributed by atoms with Crippen LogP contribution in [0, 0.1) is 0 Å². The summed E-state index contributed by atoms with van der Waals surface area (Å²) in [6.07, 6.45) is 0.408. The second-order valence-electron chi connectivity index (χ2n) is 7.58. The molecule has 0 radical (unpaired) electrons. The Morgan fingerprint density at radius 2 is 1.48 bits per heavy atom. The summed E-state index contributed by atoms with van der Waals surface area (Å²) in [6.45, 7) is 7.17. The van der Waals surface area contributed by atoms with Crippen molar-refractivity contribution in [3.05, 3.63) is 83.4 Å². The van der Waals surface area contributed by atoms with Gasteiger partial charge in [0.2, 0.25) is 5.91 Å². The van der Waals surface area contributed by atoms with Gasteiger partial charge in [-0.15, -0.1) is 0 Å². The molecule has 1 N–H and O–H groups in total. The van der Waals surface area contributed by atoms with Gasteiger partial charge in [0.05, 0.1) is 6.42 Å². The summed E-state index contributed by atoms with van der Waals surface area (Å²) in [5.41, 5.74) is 3.62. The van der Waals surface area contributed by atoms with Crippen LogP contribution >= 0.6 is 0 Å². The molecule has 2 nitrogen and oxygen atoms in total. The number of rotatable bonds is 4. The van der Waals surface area contributed by atoms with Gasteiger partial charge in [0, 0.05) is 6.54 Å². The fourth-order valence-corrected chi connectivity index (χ4v) is 2.92. The first kappa shape index (κ1) is 17.2. The molecule has 2 heteroatoms. The zero-order valence-electron chi connectivity index (χ0n) is 15.2. The lowest BCUT2D eigenvalue weighted by atomic mass is 9.87. The molecular formula is C23H25NO. The molecule has 128 valence electrons. The zero-order chi connectivity index (χ0) is 17.9. The van der Waals surface area contributed by atoms with Crippen molar-refractivity contribution in [1.29, 1.82) is 0 Å². The minimum Gasteiger partial charge on any atom is -0.352 e. The first-order valence-electron chi connectivity index (χ1n) is 8.76. The molecule has 0 fully saturated rings. The van der Waals surface area contributed by atoms with Crippen LogP contribution in [0.15, 0.2) is 66.7 Å². The van der Waals surface area contributed by atoms with E-state index in [0.29, 0.717) is 13.0 Å². The number of hydrogen-bond donors (Lipinski definition) is 1. The summed E-state index contributed by atoms with van der Waals surface area (Å²) in [5, 5.41) is 5.39. The Hall–Kier alpha value is -2.61. The number of fused-ring (bicyclic) bond motifs is 1. The molecule has 0 aliphatic heterocycles. The van der Waals surface area contributed by atoms with Crippen LogP contribution < -0.4 is 5.32 Å². The van der Waals surface area contributed by atoms with Gasteiger partial charge in [-0.05, 0) is 32.9 Å². The Morgan fingerprint density at radius 3 is 2.16 bits per heavy atom. The summed E-state index contributed by atoms with van der Waals surface area (Å²) in [6, 6.07) is 22.9. The van der Waals surface area contributed by atoms with Gasteiger partial charge in [-0.1, -0.05) is 87.5 Å². The lowest BCUT2D eigenvalue weighted by Gasteiger charge is -2.19. The number of amides is 1. The van der Waals surface area contributed by atoms with E-state index in [0.717, 1.165) is 11.1 Å². The predicted octanol–water partition coefficient (Wildman–Crippen LogP) is 5.00. The highest BCUT2D eigenvalue weighted by atomic mass is 16.1. The van der Waals surface area contributed by atoms with Crippen LogP contribution in [0.5, 0.6) is 0 Å². The van der Waals surface area contributed by atoms with Crippen LogP contribution in [0.4, 0.5) is 0 Å². The van der Waals surface area contributed by atoms with Crippen molar-refractivity contribution in [2.24, 2.45) is 0 Å². The minimum absolute atomic E-state index is 0.0511. The first-order valence-corrected chi connectivity index (χ1v) is 8.76. The molecule has 0 saturated heterocycles.